The first-order valence-corrected chi connectivity index (χ1v) is 7.98. The fourth-order valence-corrected chi connectivity index (χ4v) is 3.55. The van der Waals surface area contributed by atoms with Crippen molar-refractivity contribution in [1.29, 1.82) is 5.26 Å². The highest BCUT2D eigenvalue weighted by molar-refractivity contribution is 7.91. The van der Waals surface area contributed by atoms with Crippen LogP contribution in [-0.4, -0.2) is 13.4 Å². The summed E-state index contributed by atoms with van der Waals surface area (Å²) in [5, 5.41) is 8.70. The van der Waals surface area contributed by atoms with Crippen molar-refractivity contribution < 1.29 is 12.8 Å². The second-order valence-electron chi connectivity index (χ2n) is 4.78. The molecule has 2 aromatic carbocycles. The monoisotopic (exact) mass is 328 g/mol. The molecule has 0 radical (unpaired) electrons. The van der Waals surface area contributed by atoms with E-state index in [9.17, 15) is 17.6 Å². The van der Waals surface area contributed by atoms with Gasteiger partial charge in [0.1, 0.15) is 10.7 Å². The van der Waals surface area contributed by atoms with Crippen LogP contribution in [0.2, 0.25) is 0 Å². The summed E-state index contributed by atoms with van der Waals surface area (Å²) in [5.41, 5.74) is -0.516. The Hall–Kier alpha value is -2.98. The van der Waals surface area contributed by atoms with Gasteiger partial charge in [0.2, 0.25) is 15.3 Å². The highest BCUT2D eigenvalue weighted by Crippen LogP contribution is 2.20. The van der Waals surface area contributed by atoms with Crippen molar-refractivity contribution in [2.45, 2.75) is 9.79 Å². The maximum atomic E-state index is 13.7. The zero-order valence-corrected chi connectivity index (χ0v) is 12.4. The number of hydrogen-bond acceptors (Lipinski definition) is 4. The molecule has 3 rings (SSSR count). The van der Waals surface area contributed by atoms with E-state index in [2.05, 4.69) is 4.98 Å². The Balaban J connectivity index is 2.25. The van der Waals surface area contributed by atoms with Gasteiger partial charge in [0.05, 0.1) is 22.0 Å². The van der Waals surface area contributed by atoms with Crippen LogP contribution in [0.5, 0.6) is 0 Å². The standard InChI is InChI=1S/C16H9FN2O3S/c17-13-3-1-2-12-15(13)19-9-14(16(12)20)23(21,22)11-6-4-10(8-18)5-7-11/h1-7,9H,(H,19,20). The molecule has 7 heteroatoms. The molecule has 23 heavy (non-hydrogen) atoms. The fraction of sp³-hybridized carbons (Fsp3) is 0. The molecular formula is C16H9FN2O3S. The maximum absolute atomic E-state index is 13.7. The van der Waals surface area contributed by atoms with Gasteiger partial charge in [-0.05, 0) is 36.4 Å². The summed E-state index contributed by atoms with van der Waals surface area (Å²) in [7, 11) is -4.07. The van der Waals surface area contributed by atoms with Crippen LogP contribution in [0.25, 0.3) is 10.9 Å². The van der Waals surface area contributed by atoms with Gasteiger partial charge >= 0.3 is 0 Å². The molecule has 0 saturated heterocycles. The van der Waals surface area contributed by atoms with E-state index in [1.807, 2.05) is 6.07 Å². The van der Waals surface area contributed by atoms with Crippen LogP contribution >= 0.6 is 0 Å². The smallest absolute Gasteiger partial charge is 0.211 e. The molecule has 1 aromatic heterocycles. The van der Waals surface area contributed by atoms with E-state index in [0.717, 1.165) is 6.20 Å². The number of aromatic amines is 1. The number of rotatable bonds is 2. The molecule has 0 spiro atoms. The molecule has 3 aromatic rings. The molecule has 0 fully saturated rings. The summed E-state index contributed by atoms with van der Waals surface area (Å²) in [5.74, 6) is -0.637. The fourth-order valence-electron chi connectivity index (χ4n) is 2.23. The quantitative estimate of drug-likeness (QED) is 0.782. The highest BCUT2D eigenvalue weighted by atomic mass is 32.2. The van der Waals surface area contributed by atoms with Gasteiger partial charge in [0.15, 0.2) is 0 Å². The second-order valence-corrected chi connectivity index (χ2v) is 6.70. The molecule has 0 unspecified atom stereocenters. The van der Waals surface area contributed by atoms with Gasteiger partial charge in [-0.3, -0.25) is 4.79 Å². The molecule has 0 aliphatic carbocycles. The van der Waals surface area contributed by atoms with Gasteiger partial charge < -0.3 is 4.98 Å². The molecule has 114 valence electrons. The van der Waals surface area contributed by atoms with E-state index in [1.54, 1.807) is 0 Å². The first kappa shape index (κ1) is 14.9. The van der Waals surface area contributed by atoms with E-state index in [4.69, 9.17) is 5.26 Å². The van der Waals surface area contributed by atoms with Crippen molar-refractivity contribution in [3.8, 4) is 6.07 Å². The minimum Gasteiger partial charge on any atom is -0.357 e. The second kappa shape index (κ2) is 5.34. The third-order valence-corrected chi connectivity index (χ3v) is 5.19. The van der Waals surface area contributed by atoms with Crippen LogP contribution in [0.3, 0.4) is 0 Å². The van der Waals surface area contributed by atoms with Crippen molar-refractivity contribution >= 4 is 20.7 Å². The zero-order valence-electron chi connectivity index (χ0n) is 11.6. The van der Waals surface area contributed by atoms with Crippen molar-refractivity contribution in [1.82, 2.24) is 4.98 Å². The Morgan fingerprint density at radius 2 is 1.78 bits per heavy atom. The number of H-pyrrole nitrogens is 1. The predicted molar refractivity (Wildman–Crippen MR) is 81.1 cm³/mol. The number of hydrogen-bond donors (Lipinski definition) is 1. The number of aromatic nitrogens is 1. The molecule has 0 aliphatic heterocycles. The van der Waals surface area contributed by atoms with Gasteiger partial charge in [-0.1, -0.05) is 6.07 Å². The Morgan fingerprint density at radius 1 is 1.09 bits per heavy atom. The van der Waals surface area contributed by atoms with Crippen LogP contribution in [0.4, 0.5) is 4.39 Å². The topological polar surface area (TPSA) is 90.8 Å². The van der Waals surface area contributed by atoms with Crippen molar-refractivity contribution in [2.75, 3.05) is 0 Å². The minimum absolute atomic E-state index is 0.0419. The molecule has 0 saturated carbocycles. The average molecular weight is 328 g/mol. The summed E-state index contributed by atoms with van der Waals surface area (Å²) in [6.45, 7) is 0. The molecule has 5 nitrogen and oxygen atoms in total. The summed E-state index contributed by atoms with van der Waals surface area (Å²) in [6, 6.07) is 11.0. The third kappa shape index (κ3) is 2.39. The van der Waals surface area contributed by atoms with Crippen LogP contribution in [0, 0.1) is 17.1 Å². The highest BCUT2D eigenvalue weighted by Gasteiger charge is 2.23. The van der Waals surface area contributed by atoms with Gasteiger partial charge in [0, 0.05) is 11.6 Å². The number of sulfone groups is 1. The number of para-hydroxylation sites is 1. The lowest BCUT2D eigenvalue weighted by Crippen LogP contribution is -2.16. The van der Waals surface area contributed by atoms with E-state index in [-0.39, 0.29) is 15.8 Å². The lowest BCUT2D eigenvalue weighted by atomic mass is 10.2. The lowest BCUT2D eigenvalue weighted by molar-refractivity contribution is 0.595. The molecule has 0 bridgehead atoms. The van der Waals surface area contributed by atoms with E-state index < -0.39 is 26.0 Å². The van der Waals surface area contributed by atoms with E-state index in [1.165, 1.54) is 42.5 Å². The van der Waals surface area contributed by atoms with E-state index >= 15 is 0 Å². The van der Waals surface area contributed by atoms with Gasteiger partial charge in [-0.15, -0.1) is 0 Å². The number of nitriles is 1. The van der Waals surface area contributed by atoms with Crippen molar-refractivity contribution in [3.05, 3.63) is 70.3 Å². The number of nitrogens with one attached hydrogen (secondary N) is 1. The van der Waals surface area contributed by atoms with Gasteiger partial charge in [-0.2, -0.15) is 5.26 Å². The number of fused-ring (bicyclic) bond motifs is 1. The minimum atomic E-state index is -4.07. The Kier molecular flexibility index (Phi) is 3.47. The average Bonchev–Trinajstić information content (AvgIpc) is 2.56. The Morgan fingerprint density at radius 3 is 2.43 bits per heavy atom. The third-order valence-electron chi connectivity index (χ3n) is 3.41. The van der Waals surface area contributed by atoms with E-state index in [0.29, 0.717) is 5.56 Å². The van der Waals surface area contributed by atoms with Gasteiger partial charge in [-0.25, -0.2) is 12.8 Å². The SMILES string of the molecule is N#Cc1ccc(S(=O)(=O)c2c[nH]c3c(F)cccc3c2=O)cc1. The lowest BCUT2D eigenvalue weighted by Gasteiger charge is -2.06. The number of halogens is 1. The molecule has 1 N–H and O–H groups in total. The van der Waals surface area contributed by atoms with Crippen LogP contribution in [-0.2, 0) is 9.84 Å². The maximum Gasteiger partial charge on any atom is 0.211 e. The van der Waals surface area contributed by atoms with Crippen LogP contribution < -0.4 is 5.43 Å². The Bertz CT molecular complexity index is 1110. The molecule has 0 atom stereocenters. The number of benzene rings is 2. The summed E-state index contributed by atoms with van der Waals surface area (Å²) in [6.07, 6.45) is 0.987. The normalized spacial score (nSPS) is 11.3. The molecule has 1 heterocycles. The first-order chi connectivity index (χ1) is 10.9. The number of pyridine rings is 1. The van der Waals surface area contributed by atoms with Crippen molar-refractivity contribution in [3.63, 3.8) is 0 Å². The van der Waals surface area contributed by atoms with Crippen molar-refractivity contribution in [2.24, 2.45) is 0 Å². The Labute approximate surface area is 130 Å². The number of nitrogens with zero attached hydrogens (tertiary/aromatic N) is 1. The van der Waals surface area contributed by atoms with Crippen LogP contribution in [0.15, 0.2) is 63.2 Å². The van der Waals surface area contributed by atoms with Crippen LogP contribution in [0.1, 0.15) is 5.56 Å². The first-order valence-electron chi connectivity index (χ1n) is 6.50. The molecule has 0 amide bonds. The molecular weight excluding hydrogens is 319 g/mol. The summed E-state index contributed by atoms with van der Waals surface area (Å²) >= 11 is 0. The summed E-state index contributed by atoms with van der Waals surface area (Å²) < 4.78 is 38.8. The molecule has 0 aliphatic rings. The van der Waals surface area contributed by atoms with Gasteiger partial charge in [0.25, 0.3) is 0 Å². The predicted octanol–water partition coefficient (Wildman–Crippen LogP) is 2.37. The largest absolute Gasteiger partial charge is 0.357 e. The summed E-state index contributed by atoms with van der Waals surface area (Å²) in [4.78, 5) is 14.3. The zero-order chi connectivity index (χ0) is 16.6.